The molecule has 5 nitrogen and oxygen atoms in total. The molecule has 0 aromatic carbocycles. The molecule has 0 aromatic rings. The molecule has 6 heteroatoms. The Bertz CT molecular complexity index is 177. The minimum Gasteiger partial charge on any atom is -0.479 e. The van der Waals surface area contributed by atoms with Crippen LogP contribution in [-0.4, -0.2) is 46.1 Å². The van der Waals surface area contributed by atoms with Crippen molar-refractivity contribution in [1.82, 2.24) is 5.32 Å². The van der Waals surface area contributed by atoms with Crippen LogP contribution in [0.25, 0.3) is 0 Å². The highest BCUT2D eigenvalue weighted by Gasteiger charge is 2.45. The second kappa shape index (κ2) is 4.04. The third-order valence-electron chi connectivity index (χ3n) is 1.91. The van der Waals surface area contributed by atoms with Crippen LogP contribution in [0.2, 0.25) is 0 Å². The highest BCUT2D eigenvalue weighted by molar-refractivity contribution is 5.85. The van der Waals surface area contributed by atoms with Crippen LogP contribution >= 0.6 is 12.4 Å². The Kier molecular flexibility index (Phi) is 3.92. The van der Waals surface area contributed by atoms with Gasteiger partial charge in [0.2, 0.25) is 0 Å². The number of carbonyl (C=O) groups is 1. The number of carboxylic acid groups (broad SMARTS) is 1. The molecule has 0 aliphatic carbocycles. The zero-order chi connectivity index (χ0) is 8.48. The van der Waals surface area contributed by atoms with Gasteiger partial charge in [0.25, 0.3) is 0 Å². The van der Waals surface area contributed by atoms with Crippen LogP contribution in [0.3, 0.4) is 0 Å². The molecule has 0 bridgehead atoms. The van der Waals surface area contributed by atoms with Crippen molar-refractivity contribution in [2.75, 3.05) is 13.1 Å². The van der Waals surface area contributed by atoms with E-state index in [4.69, 9.17) is 10.2 Å². The summed E-state index contributed by atoms with van der Waals surface area (Å²) in [6, 6.07) is 0. The van der Waals surface area contributed by atoms with Gasteiger partial charge in [-0.05, 0) is 13.0 Å². The smallest absolute Gasteiger partial charge is 0.339 e. The van der Waals surface area contributed by atoms with E-state index in [1.54, 1.807) is 0 Å². The Morgan fingerprint density at radius 2 is 2.17 bits per heavy atom. The highest BCUT2D eigenvalue weighted by atomic mass is 35.5. The number of β-amino-alcohol motifs (C(OH)–C–C–N with tert-alkyl or cyclic N) is 1. The lowest BCUT2D eigenvalue weighted by Gasteiger charge is -2.33. The van der Waals surface area contributed by atoms with Crippen LogP contribution in [0, 0.1) is 0 Å². The molecular formula is C6H12ClNO4. The predicted octanol–water partition coefficient (Wildman–Crippen LogP) is -1.42. The number of hydrogen-bond donors (Lipinski definition) is 4. The van der Waals surface area contributed by atoms with Crippen LogP contribution in [0.5, 0.6) is 0 Å². The summed E-state index contributed by atoms with van der Waals surface area (Å²) in [7, 11) is 0. The number of piperidine rings is 1. The average Bonchev–Trinajstić information content (AvgIpc) is 1.95. The number of carboxylic acids is 1. The fourth-order valence-electron chi connectivity index (χ4n) is 1.09. The molecular weight excluding hydrogens is 186 g/mol. The lowest BCUT2D eigenvalue weighted by atomic mass is 9.91. The van der Waals surface area contributed by atoms with E-state index in [9.17, 15) is 9.90 Å². The van der Waals surface area contributed by atoms with Crippen molar-refractivity contribution in [2.24, 2.45) is 0 Å². The molecule has 1 rings (SSSR count). The van der Waals surface area contributed by atoms with Gasteiger partial charge in [-0.3, -0.25) is 0 Å². The van der Waals surface area contributed by atoms with E-state index < -0.39 is 17.7 Å². The molecule has 1 aliphatic rings. The normalized spacial score (nSPS) is 35.3. The maximum Gasteiger partial charge on any atom is 0.339 e. The number of rotatable bonds is 1. The van der Waals surface area contributed by atoms with Crippen molar-refractivity contribution in [2.45, 2.75) is 18.1 Å². The topological polar surface area (TPSA) is 89.8 Å². The molecule has 2 atom stereocenters. The summed E-state index contributed by atoms with van der Waals surface area (Å²) >= 11 is 0. The first-order valence-corrected chi connectivity index (χ1v) is 3.42. The average molecular weight is 198 g/mol. The van der Waals surface area contributed by atoms with Gasteiger partial charge in [0.15, 0.2) is 5.60 Å². The van der Waals surface area contributed by atoms with Crippen molar-refractivity contribution in [3.63, 3.8) is 0 Å². The number of aliphatic hydroxyl groups is 2. The van der Waals surface area contributed by atoms with E-state index in [1.165, 1.54) is 0 Å². The fourth-order valence-corrected chi connectivity index (χ4v) is 1.09. The van der Waals surface area contributed by atoms with E-state index in [1.807, 2.05) is 0 Å². The van der Waals surface area contributed by atoms with Crippen LogP contribution < -0.4 is 5.32 Å². The van der Waals surface area contributed by atoms with E-state index >= 15 is 0 Å². The van der Waals surface area contributed by atoms with Crippen molar-refractivity contribution in [1.29, 1.82) is 0 Å². The fraction of sp³-hybridized carbons (Fsp3) is 0.833. The summed E-state index contributed by atoms with van der Waals surface area (Å²) in [4.78, 5) is 10.4. The van der Waals surface area contributed by atoms with Gasteiger partial charge in [-0.15, -0.1) is 12.4 Å². The number of halogens is 1. The Labute approximate surface area is 75.8 Å². The van der Waals surface area contributed by atoms with Gasteiger partial charge in [-0.1, -0.05) is 0 Å². The number of aliphatic hydroxyl groups excluding tert-OH is 1. The molecule has 0 aromatic heterocycles. The first-order chi connectivity index (χ1) is 5.07. The zero-order valence-electron chi connectivity index (χ0n) is 6.36. The van der Waals surface area contributed by atoms with Crippen LogP contribution in [0.4, 0.5) is 0 Å². The van der Waals surface area contributed by atoms with Crippen LogP contribution in [0.15, 0.2) is 0 Å². The second-order valence-electron chi connectivity index (χ2n) is 2.71. The van der Waals surface area contributed by atoms with Crippen molar-refractivity contribution >= 4 is 18.4 Å². The van der Waals surface area contributed by atoms with E-state index in [2.05, 4.69) is 5.32 Å². The minimum absolute atomic E-state index is 0. The van der Waals surface area contributed by atoms with Gasteiger partial charge < -0.3 is 20.6 Å². The minimum atomic E-state index is -2.00. The molecule has 1 saturated heterocycles. The van der Waals surface area contributed by atoms with Gasteiger partial charge in [0.1, 0.15) is 0 Å². The SMILES string of the molecule is Cl.O=C(O)[C@]1(O)CNCC[C@H]1O. The molecule has 0 radical (unpaired) electrons. The molecule has 0 amide bonds. The molecule has 0 unspecified atom stereocenters. The van der Waals surface area contributed by atoms with E-state index in [0.717, 1.165) is 0 Å². The quantitative estimate of drug-likeness (QED) is 0.414. The van der Waals surface area contributed by atoms with Gasteiger partial charge >= 0.3 is 5.97 Å². The van der Waals surface area contributed by atoms with Gasteiger partial charge in [0.05, 0.1) is 6.10 Å². The molecule has 4 N–H and O–H groups in total. The summed E-state index contributed by atoms with van der Waals surface area (Å²) < 4.78 is 0. The largest absolute Gasteiger partial charge is 0.479 e. The predicted molar refractivity (Wildman–Crippen MR) is 43.3 cm³/mol. The van der Waals surface area contributed by atoms with Gasteiger partial charge in [-0.25, -0.2) is 4.79 Å². The van der Waals surface area contributed by atoms with Crippen LogP contribution in [-0.2, 0) is 4.79 Å². The standard InChI is InChI=1S/C6H11NO4.ClH/c8-4-1-2-7-3-6(4,11)5(9)10;/h4,7-8,11H,1-3H2,(H,9,10);1H/t4-,6+;/m1./s1. The molecule has 0 saturated carbocycles. The number of nitrogens with one attached hydrogen (secondary N) is 1. The maximum atomic E-state index is 10.4. The zero-order valence-corrected chi connectivity index (χ0v) is 7.17. The number of hydrogen-bond acceptors (Lipinski definition) is 4. The summed E-state index contributed by atoms with van der Waals surface area (Å²) in [6.45, 7) is 0.445. The van der Waals surface area contributed by atoms with E-state index in [0.29, 0.717) is 6.54 Å². The second-order valence-corrected chi connectivity index (χ2v) is 2.71. The summed E-state index contributed by atoms with van der Waals surface area (Å²) in [5.74, 6) is -1.38. The summed E-state index contributed by atoms with van der Waals surface area (Å²) in [5, 5.41) is 29.6. The summed E-state index contributed by atoms with van der Waals surface area (Å²) in [5.41, 5.74) is -2.00. The molecule has 1 heterocycles. The van der Waals surface area contributed by atoms with Crippen molar-refractivity contribution in [3.05, 3.63) is 0 Å². The monoisotopic (exact) mass is 197 g/mol. The van der Waals surface area contributed by atoms with E-state index in [-0.39, 0.29) is 25.4 Å². The summed E-state index contributed by atoms with van der Waals surface area (Å²) in [6.07, 6.45) is -0.899. The lowest BCUT2D eigenvalue weighted by molar-refractivity contribution is -0.174. The first-order valence-electron chi connectivity index (χ1n) is 3.42. The van der Waals surface area contributed by atoms with Crippen molar-refractivity contribution < 1.29 is 20.1 Å². The Morgan fingerprint density at radius 1 is 1.58 bits per heavy atom. The third-order valence-corrected chi connectivity index (χ3v) is 1.91. The number of aliphatic carboxylic acids is 1. The third kappa shape index (κ3) is 1.87. The molecule has 1 fully saturated rings. The van der Waals surface area contributed by atoms with Crippen LogP contribution in [0.1, 0.15) is 6.42 Å². The molecule has 0 spiro atoms. The van der Waals surface area contributed by atoms with Gasteiger partial charge in [0, 0.05) is 6.54 Å². The Balaban J connectivity index is 0.00000121. The Hall–Kier alpha value is -0.360. The first kappa shape index (κ1) is 11.6. The maximum absolute atomic E-state index is 10.4. The van der Waals surface area contributed by atoms with Crippen molar-refractivity contribution in [3.8, 4) is 0 Å². The molecule has 12 heavy (non-hydrogen) atoms. The molecule has 1 aliphatic heterocycles. The Morgan fingerprint density at radius 3 is 2.50 bits per heavy atom. The molecule has 72 valence electrons. The van der Waals surface area contributed by atoms with Gasteiger partial charge in [-0.2, -0.15) is 0 Å². The highest BCUT2D eigenvalue weighted by Crippen LogP contribution is 2.16. The lowest BCUT2D eigenvalue weighted by Crippen LogP contribution is -2.60.